The van der Waals surface area contributed by atoms with Gasteiger partial charge in [0.05, 0.1) is 15.1 Å². The monoisotopic (exact) mass is 342 g/mol. The molecule has 0 saturated heterocycles. The van der Waals surface area contributed by atoms with Gasteiger partial charge in [0.2, 0.25) is 0 Å². The maximum Gasteiger partial charge on any atom is 0.257 e. The number of nitrogens with two attached hydrogens (primary N) is 1. The van der Waals surface area contributed by atoms with Gasteiger partial charge in [-0.25, -0.2) is 4.39 Å². The molecule has 0 spiro atoms. The zero-order valence-electron chi connectivity index (χ0n) is 9.58. The van der Waals surface area contributed by atoms with Crippen LogP contribution in [0.2, 0.25) is 5.02 Å². The van der Waals surface area contributed by atoms with E-state index in [9.17, 15) is 9.18 Å². The molecule has 0 heterocycles. The zero-order valence-corrected chi connectivity index (χ0v) is 11.9. The minimum Gasteiger partial charge on any atom is -0.399 e. The Morgan fingerprint density at radius 2 is 2.00 bits per heavy atom. The predicted octanol–water partition coefficient (Wildman–Crippen LogP) is 4.08. The topological polar surface area (TPSA) is 55.1 Å². The highest BCUT2D eigenvalue weighted by Crippen LogP contribution is 2.22. The molecule has 98 valence electrons. The van der Waals surface area contributed by atoms with Gasteiger partial charge < -0.3 is 11.1 Å². The molecule has 0 radical (unpaired) electrons. The first-order valence-electron chi connectivity index (χ1n) is 5.29. The van der Waals surface area contributed by atoms with Crippen LogP contribution in [0.5, 0.6) is 0 Å². The molecule has 0 aromatic heterocycles. The first-order chi connectivity index (χ1) is 8.97. The third-order valence-electron chi connectivity index (χ3n) is 2.41. The Morgan fingerprint density at radius 1 is 1.26 bits per heavy atom. The summed E-state index contributed by atoms with van der Waals surface area (Å²) in [6.45, 7) is 0. The summed E-state index contributed by atoms with van der Waals surface area (Å²) in [7, 11) is 0. The summed E-state index contributed by atoms with van der Waals surface area (Å²) in [6, 6.07) is 8.89. The average molecular weight is 344 g/mol. The van der Waals surface area contributed by atoms with Crippen LogP contribution in [0.4, 0.5) is 15.8 Å². The molecule has 2 rings (SSSR count). The van der Waals surface area contributed by atoms with Crippen molar-refractivity contribution < 1.29 is 9.18 Å². The maximum atomic E-state index is 13.3. The average Bonchev–Trinajstić information content (AvgIpc) is 2.36. The van der Waals surface area contributed by atoms with Crippen LogP contribution < -0.4 is 11.1 Å². The van der Waals surface area contributed by atoms with Crippen LogP contribution in [0, 0.1) is 5.82 Å². The highest BCUT2D eigenvalue weighted by molar-refractivity contribution is 9.10. The van der Waals surface area contributed by atoms with E-state index in [4.69, 9.17) is 17.3 Å². The normalized spacial score (nSPS) is 10.3. The van der Waals surface area contributed by atoms with Crippen molar-refractivity contribution in [3.05, 3.63) is 57.3 Å². The second-order valence-corrected chi connectivity index (χ2v) is 5.08. The lowest BCUT2D eigenvalue weighted by Crippen LogP contribution is -2.13. The second kappa shape index (κ2) is 5.59. The van der Waals surface area contributed by atoms with Gasteiger partial charge in [0.1, 0.15) is 5.82 Å². The van der Waals surface area contributed by atoms with Gasteiger partial charge in [-0.1, -0.05) is 11.6 Å². The van der Waals surface area contributed by atoms with Gasteiger partial charge >= 0.3 is 0 Å². The molecule has 6 heteroatoms. The molecule has 0 fully saturated rings. The third-order valence-corrected chi connectivity index (χ3v) is 3.39. The molecule has 3 N–H and O–H groups in total. The Balaban J connectivity index is 2.25. The van der Waals surface area contributed by atoms with E-state index in [1.165, 1.54) is 24.3 Å². The molecule has 0 saturated carbocycles. The Labute approximate surface area is 122 Å². The van der Waals surface area contributed by atoms with Gasteiger partial charge in [-0.3, -0.25) is 4.79 Å². The number of hydrogen-bond donors (Lipinski definition) is 2. The summed E-state index contributed by atoms with van der Waals surface area (Å²) in [5.74, 6) is -0.907. The number of carbonyl (C=O) groups excluding carboxylic acids is 1. The summed E-state index contributed by atoms with van der Waals surface area (Å²) in [4.78, 5) is 12.0. The van der Waals surface area contributed by atoms with Gasteiger partial charge in [0.15, 0.2) is 0 Å². The summed E-state index contributed by atoms with van der Waals surface area (Å²) in [5, 5.41) is 2.84. The van der Waals surface area contributed by atoms with Crippen LogP contribution in [0.25, 0.3) is 0 Å². The fraction of sp³-hybridized carbons (Fsp3) is 0. The fourth-order valence-corrected chi connectivity index (χ4v) is 1.94. The molecule has 2 aromatic rings. The number of halogens is 3. The minimum absolute atomic E-state index is 0.241. The van der Waals surface area contributed by atoms with Gasteiger partial charge in [0, 0.05) is 11.4 Å². The summed E-state index contributed by atoms with van der Waals surface area (Å²) >= 11 is 8.95. The fourth-order valence-electron chi connectivity index (χ4n) is 1.49. The maximum absolute atomic E-state index is 13.3. The summed E-state index contributed by atoms with van der Waals surface area (Å²) in [5.41, 5.74) is 6.60. The molecular formula is C13H9BrClFN2O. The Hall–Kier alpha value is -1.59. The first kappa shape index (κ1) is 13.8. The van der Waals surface area contributed by atoms with Crippen molar-refractivity contribution in [1.82, 2.24) is 0 Å². The Kier molecular flexibility index (Phi) is 4.07. The van der Waals surface area contributed by atoms with E-state index >= 15 is 0 Å². The van der Waals surface area contributed by atoms with Crippen LogP contribution in [0.3, 0.4) is 0 Å². The summed E-state index contributed by atoms with van der Waals surface area (Å²) < 4.78 is 13.7. The van der Waals surface area contributed by atoms with Gasteiger partial charge in [-0.2, -0.15) is 0 Å². The second-order valence-electron chi connectivity index (χ2n) is 3.82. The standard InChI is InChI=1S/C13H9BrClFN2O/c14-10-3-2-8(6-12(10)16)18-13(19)9-5-7(17)1-4-11(9)15/h1-6H,17H2,(H,18,19). The van der Waals surface area contributed by atoms with E-state index < -0.39 is 11.7 Å². The molecule has 2 aromatic carbocycles. The first-order valence-corrected chi connectivity index (χ1v) is 6.46. The number of benzene rings is 2. The van der Waals surface area contributed by atoms with E-state index in [-0.39, 0.29) is 10.6 Å². The van der Waals surface area contributed by atoms with Crippen molar-refractivity contribution in [2.45, 2.75) is 0 Å². The molecule has 0 unspecified atom stereocenters. The van der Waals surface area contributed by atoms with E-state index in [1.54, 1.807) is 12.1 Å². The molecule has 0 aliphatic heterocycles. The Morgan fingerprint density at radius 3 is 2.68 bits per heavy atom. The molecule has 19 heavy (non-hydrogen) atoms. The highest BCUT2D eigenvalue weighted by atomic mass is 79.9. The van der Waals surface area contributed by atoms with Crippen molar-refractivity contribution in [1.29, 1.82) is 0 Å². The number of anilines is 2. The van der Waals surface area contributed by atoms with Crippen LogP contribution in [-0.2, 0) is 0 Å². The van der Waals surface area contributed by atoms with Crippen molar-refractivity contribution in [2.75, 3.05) is 11.1 Å². The number of amides is 1. The summed E-state index contributed by atoms with van der Waals surface area (Å²) in [6.07, 6.45) is 0. The quantitative estimate of drug-likeness (QED) is 0.807. The van der Waals surface area contributed by atoms with E-state index in [1.807, 2.05) is 0 Å². The van der Waals surface area contributed by atoms with E-state index in [0.29, 0.717) is 15.8 Å². The number of carbonyl (C=O) groups is 1. The Bertz CT molecular complexity index is 649. The molecule has 0 aliphatic rings. The third kappa shape index (κ3) is 3.24. The van der Waals surface area contributed by atoms with Crippen molar-refractivity contribution in [2.24, 2.45) is 0 Å². The lowest BCUT2D eigenvalue weighted by molar-refractivity contribution is 0.102. The number of rotatable bonds is 2. The van der Waals surface area contributed by atoms with Gasteiger partial charge in [-0.05, 0) is 52.3 Å². The van der Waals surface area contributed by atoms with Crippen LogP contribution in [0.1, 0.15) is 10.4 Å². The molecular weight excluding hydrogens is 335 g/mol. The van der Waals surface area contributed by atoms with Crippen molar-refractivity contribution >= 4 is 44.8 Å². The van der Waals surface area contributed by atoms with Crippen LogP contribution >= 0.6 is 27.5 Å². The minimum atomic E-state index is -0.462. The van der Waals surface area contributed by atoms with Crippen molar-refractivity contribution in [3.63, 3.8) is 0 Å². The van der Waals surface area contributed by atoms with Crippen LogP contribution in [0.15, 0.2) is 40.9 Å². The molecule has 0 atom stereocenters. The number of nitrogens with one attached hydrogen (secondary N) is 1. The van der Waals surface area contributed by atoms with E-state index in [0.717, 1.165) is 0 Å². The van der Waals surface area contributed by atoms with Gasteiger partial charge in [0.25, 0.3) is 5.91 Å². The zero-order chi connectivity index (χ0) is 14.0. The van der Waals surface area contributed by atoms with Crippen LogP contribution in [-0.4, -0.2) is 5.91 Å². The highest BCUT2D eigenvalue weighted by Gasteiger charge is 2.11. The SMILES string of the molecule is Nc1ccc(Cl)c(C(=O)Nc2ccc(Br)c(F)c2)c1. The predicted molar refractivity (Wildman–Crippen MR) is 77.9 cm³/mol. The molecule has 0 bridgehead atoms. The molecule has 0 aliphatic carbocycles. The molecule has 3 nitrogen and oxygen atoms in total. The number of nitrogen functional groups attached to an aromatic ring is 1. The lowest BCUT2D eigenvalue weighted by atomic mass is 10.2. The van der Waals surface area contributed by atoms with Gasteiger partial charge in [-0.15, -0.1) is 0 Å². The molecule has 1 amide bonds. The number of hydrogen-bond acceptors (Lipinski definition) is 2. The lowest BCUT2D eigenvalue weighted by Gasteiger charge is -2.08. The van der Waals surface area contributed by atoms with E-state index in [2.05, 4.69) is 21.2 Å². The van der Waals surface area contributed by atoms with Crippen molar-refractivity contribution in [3.8, 4) is 0 Å². The largest absolute Gasteiger partial charge is 0.399 e. The smallest absolute Gasteiger partial charge is 0.257 e.